The molecular weight excluding hydrogens is 346 g/mol. The minimum atomic E-state index is -0.778. The van der Waals surface area contributed by atoms with E-state index in [1.165, 1.54) is 6.07 Å². The molecule has 0 saturated heterocycles. The largest absolute Gasteiger partial charge is 0.454 e. The molecule has 0 aliphatic carbocycles. The van der Waals surface area contributed by atoms with Crippen molar-refractivity contribution in [2.75, 3.05) is 0 Å². The van der Waals surface area contributed by atoms with Gasteiger partial charge in [-0.2, -0.15) is 0 Å². The fraction of sp³-hybridized carbons (Fsp3) is 0.143. The number of rotatable bonds is 3. The lowest BCUT2D eigenvalue weighted by Crippen LogP contribution is -1.98. The lowest BCUT2D eigenvalue weighted by molar-refractivity contribution is 0.194. The fourth-order valence-corrected chi connectivity index (χ4v) is 1.94. The number of benzene rings is 2. The van der Waals surface area contributed by atoms with Crippen LogP contribution < -0.4 is 4.74 Å². The van der Waals surface area contributed by atoms with Crippen LogP contribution in [-0.2, 0) is 0 Å². The van der Waals surface area contributed by atoms with Crippen LogP contribution in [0.4, 0.5) is 4.39 Å². The number of para-hydroxylation sites is 1. The van der Waals surface area contributed by atoms with E-state index in [1.807, 2.05) is 12.1 Å². The number of hydrogen-bond donors (Lipinski definition) is 1. The Morgan fingerprint density at radius 2 is 1.83 bits per heavy atom. The summed E-state index contributed by atoms with van der Waals surface area (Å²) in [6.45, 7) is 1.58. The Morgan fingerprint density at radius 1 is 1.17 bits per heavy atom. The summed E-state index contributed by atoms with van der Waals surface area (Å²) in [5.41, 5.74) is 0.438. The summed E-state index contributed by atoms with van der Waals surface area (Å²) in [6, 6.07) is 11.8. The average molecular weight is 358 g/mol. The first kappa shape index (κ1) is 13.3. The van der Waals surface area contributed by atoms with Crippen molar-refractivity contribution in [3.05, 3.63) is 57.4 Å². The van der Waals surface area contributed by atoms with Crippen LogP contribution >= 0.6 is 22.6 Å². The maximum atomic E-state index is 13.7. The summed E-state index contributed by atoms with van der Waals surface area (Å²) >= 11 is 2.18. The van der Waals surface area contributed by atoms with Crippen molar-refractivity contribution in [2.24, 2.45) is 0 Å². The normalized spacial score (nSPS) is 12.2. The van der Waals surface area contributed by atoms with E-state index >= 15 is 0 Å². The first-order valence-corrected chi connectivity index (χ1v) is 6.55. The highest BCUT2D eigenvalue weighted by Crippen LogP contribution is 2.32. The van der Waals surface area contributed by atoms with Crippen molar-refractivity contribution in [1.29, 1.82) is 0 Å². The molecule has 2 nitrogen and oxygen atoms in total. The van der Waals surface area contributed by atoms with Gasteiger partial charge in [-0.1, -0.05) is 12.1 Å². The van der Waals surface area contributed by atoms with Crippen LogP contribution in [0.1, 0.15) is 18.6 Å². The number of halogens is 2. The second-order valence-corrected chi connectivity index (χ2v) is 5.14. The van der Waals surface area contributed by atoms with Crippen LogP contribution in [0.2, 0.25) is 0 Å². The van der Waals surface area contributed by atoms with Crippen LogP contribution in [0.3, 0.4) is 0 Å². The highest BCUT2D eigenvalue weighted by atomic mass is 127. The van der Waals surface area contributed by atoms with Crippen molar-refractivity contribution in [3.63, 3.8) is 0 Å². The van der Waals surface area contributed by atoms with Crippen molar-refractivity contribution in [2.45, 2.75) is 13.0 Å². The molecular formula is C14H12FIO2. The molecule has 2 rings (SSSR count). The third-order valence-corrected chi connectivity index (χ3v) is 3.20. The minimum Gasteiger partial charge on any atom is -0.454 e. The minimum absolute atomic E-state index is 0.0775. The van der Waals surface area contributed by atoms with Gasteiger partial charge in [0.25, 0.3) is 0 Å². The molecule has 94 valence electrons. The Balaban J connectivity index is 2.36. The molecule has 0 spiro atoms. The third kappa shape index (κ3) is 3.00. The highest BCUT2D eigenvalue weighted by molar-refractivity contribution is 14.1. The molecule has 2 aromatic carbocycles. The van der Waals surface area contributed by atoms with E-state index in [-0.39, 0.29) is 5.75 Å². The van der Waals surface area contributed by atoms with Crippen molar-refractivity contribution >= 4 is 22.6 Å². The molecule has 1 N–H and O–H groups in total. The molecule has 0 heterocycles. The average Bonchev–Trinajstić information content (AvgIpc) is 2.34. The van der Waals surface area contributed by atoms with Crippen molar-refractivity contribution in [1.82, 2.24) is 0 Å². The Kier molecular flexibility index (Phi) is 4.19. The van der Waals surface area contributed by atoms with Crippen LogP contribution in [0.5, 0.6) is 11.5 Å². The predicted molar refractivity (Wildman–Crippen MR) is 76.3 cm³/mol. The van der Waals surface area contributed by atoms with Crippen molar-refractivity contribution < 1.29 is 14.2 Å². The summed E-state index contributed by atoms with van der Waals surface area (Å²) < 4.78 is 20.3. The summed E-state index contributed by atoms with van der Waals surface area (Å²) in [6.07, 6.45) is -0.778. The van der Waals surface area contributed by atoms with E-state index < -0.39 is 11.9 Å². The molecule has 4 heteroatoms. The quantitative estimate of drug-likeness (QED) is 0.831. The van der Waals surface area contributed by atoms with E-state index in [2.05, 4.69) is 22.6 Å². The van der Waals surface area contributed by atoms with Gasteiger partial charge in [0, 0.05) is 9.13 Å². The zero-order valence-electron chi connectivity index (χ0n) is 9.73. The molecule has 0 bridgehead atoms. The zero-order valence-corrected chi connectivity index (χ0v) is 11.9. The molecule has 0 aliphatic rings. The van der Waals surface area contributed by atoms with Gasteiger partial charge in [0.1, 0.15) is 5.75 Å². The van der Waals surface area contributed by atoms with Gasteiger partial charge in [-0.05, 0) is 59.8 Å². The number of aliphatic hydroxyl groups is 1. The van der Waals surface area contributed by atoms with Gasteiger partial charge in [0.2, 0.25) is 0 Å². The Hall–Kier alpha value is -1.14. The summed E-state index contributed by atoms with van der Waals surface area (Å²) in [4.78, 5) is 0. The standard InChI is InChI=1S/C14H12FIO2/c1-9(17)12-3-2-4-13(15)14(12)18-11-7-5-10(16)6-8-11/h2-9,17H,1H3/t9-/m0/s1. The van der Waals surface area contributed by atoms with Gasteiger partial charge in [0.05, 0.1) is 6.10 Å². The second-order valence-electron chi connectivity index (χ2n) is 3.89. The molecule has 2 aromatic rings. The SMILES string of the molecule is C[C@H](O)c1cccc(F)c1Oc1ccc(I)cc1. The Morgan fingerprint density at radius 3 is 2.44 bits per heavy atom. The summed E-state index contributed by atoms with van der Waals surface area (Å²) in [5, 5.41) is 9.60. The van der Waals surface area contributed by atoms with Gasteiger partial charge in [-0.15, -0.1) is 0 Å². The number of ether oxygens (including phenoxy) is 1. The summed E-state index contributed by atoms with van der Waals surface area (Å²) in [5.74, 6) is 0.142. The second kappa shape index (κ2) is 5.67. The molecule has 0 aliphatic heterocycles. The Labute approximate surface area is 119 Å². The first-order valence-electron chi connectivity index (χ1n) is 5.48. The predicted octanol–water partition coefficient (Wildman–Crippen LogP) is 4.28. The molecule has 0 radical (unpaired) electrons. The monoisotopic (exact) mass is 358 g/mol. The van der Waals surface area contributed by atoms with E-state index in [4.69, 9.17) is 4.74 Å². The smallest absolute Gasteiger partial charge is 0.168 e. The molecule has 18 heavy (non-hydrogen) atoms. The summed E-state index contributed by atoms with van der Waals surface area (Å²) in [7, 11) is 0. The van der Waals surface area contributed by atoms with Crippen LogP contribution in [0, 0.1) is 9.39 Å². The topological polar surface area (TPSA) is 29.5 Å². The molecule has 0 unspecified atom stereocenters. The van der Waals surface area contributed by atoms with E-state index in [0.717, 1.165) is 3.57 Å². The van der Waals surface area contributed by atoms with Gasteiger partial charge in [0.15, 0.2) is 11.6 Å². The van der Waals surface area contributed by atoms with Gasteiger partial charge < -0.3 is 9.84 Å². The maximum Gasteiger partial charge on any atom is 0.168 e. The molecule has 0 fully saturated rings. The number of hydrogen-bond acceptors (Lipinski definition) is 2. The zero-order chi connectivity index (χ0) is 13.1. The molecule has 0 saturated carbocycles. The lowest BCUT2D eigenvalue weighted by Gasteiger charge is -2.13. The van der Waals surface area contributed by atoms with E-state index in [9.17, 15) is 9.50 Å². The van der Waals surface area contributed by atoms with Gasteiger partial charge >= 0.3 is 0 Å². The first-order chi connectivity index (χ1) is 8.58. The molecule has 0 amide bonds. The lowest BCUT2D eigenvalue weighted by atomic mass is 10.1. The van der Waals surface area contributed by atoms with Crippen LogP contribution in [0.25, 0.3) is 0 Å². The van der Waals surface area contributed by atoms with Gasteiger partial charge in [-0.25, -0.2) is 4.39 Å². The molecule has 1 atom stereocenters. The van der Waals surface area contributed by atoms with Crippen LogP contribution in [-0.4, -0.2) is 5.11 Å². The number of aliphatic hydroxyl groups excluding tert-OH is 1. The van der Waals surface area contributed by atoms with E-state index in [0.29, 0.717) is 11.3 Å². The fourth-order valence-electron chi connectivity index (χ4n) is 1.58. The highest BCUT2D eigenvalue weighted by Gasteiger charge is 2.14. The third-order valence-electron chi connectivity index (χ3n) is 2.48. The molecule has 0 aromatic heterocycles. The Bertz CT molecular complexity index is 538. The van der Waals surface area contributed by atoms with E-state index in [1.54, 1.807) is 31.2 Å². The maximum absolute atomic E-state index is 13.7. The van der Waals surface area contributed by atoms with Crippen molar-refractivity contribution in [3.8, 4) is 11.5 Å². The van der Waals surface area contributed by atoms with Crippen LogP contribution in [0.15, 0.2) is 42.5 Å². The van der Waals surface area contributed by atoms with Gasteiger partial charge in [-0.3, -0.25) is 0 Å².